The zero-order valence-electron chi connectivity index (χ0n) is 11.9. The zero-order valence-corrected chi connectivity index (χ0v) is 11.9. The maximum absolute atomic E-state index is 13.0. The molecular formula is C15H19F3N2O. The highest BCUT2D eigenvalue weighted by atomic mass is 19.4. The van der Waals surface area contributed by atoms with Crippen molar-refractivity contribution in [3.8, 4) is 0 Å². The zero-order chi connectivity index (χ0) is 15.5. The van der Waals surface area contributed by atoms with Gasteiger partial charge < -0.3 is 5.32 Å². The van der Waals surface area contributed by atoms with E-state index in [1.165, 1.54) is 19.1 Å². The van der Waals surface area contributed by atoms with Crippen LogP contribution in [-0.2, 0) is 17.5 Å². The van der Waals surface area contributed by atoms with Crippen LogP contribution in [0.4, 0.5) is 13.2 Å². The highest BCUT2D eigenvalue weighted by Gasteiger charge is 2.33. The molecule has 0 aliphatic carbocycles. The van der Waals surface area contributed by atoms with Gasteiger partial charge in [-0.25, -0.2) is 0 Å². The highest BCUT2D eigenvalue weighted by molar-refractivity contribution is 5.73. The predicted octanol–water partition coefficient (Wildman–Crippen LogP) is 2.81. The van der Waals surface area contributed by atoms with Crippen molar-refractivity contribution in [2.45, 2.75) is 38.5 Å². The number of carbonyl (C=O) groups is 1. The SMILES string of the molecule is CC(=O)NC1CCCN(Cc2ccccc2C(F)(F)F)C1. The molecule has 2 rings (SSSR count). The third kappa shape index (κ3) is 4.46. The molecule has 1 unspecified atom stereocenters. The highest BCUT2D eigenvalue weighted by Crippen LogP contribution is 2.32. The molecule has 1 amide bonds. The third-order valence-corrected chi connectivity index (χ3v) is 3.63. The Kier molecular flexibility index (Phi) is 4.88. The number of nitrogens with one attached hydrogen (secondary N) is 1. The van der Waals surface area contributed by atoms with E-state index in [4.69, 9.17) is 0 Å². The summed E-state index contributed by atoms with van der Waals surface area (Å²) in [6.45, 7) is 3.05. The van der Waals surface area contributed by atoms with Gasteiger partial charge in [-0.15, -0.1) is 0 Å². The summed E-state index contributed by atoms with van der Waals surface area (Å²) in [4.78, 5) is 13.1. The number of hydrogen-bond donors (Lipinski definition) is 1. The van der Waals surface area contributed by atoms with Crippen molar-refractivity contribution < 1.29 is 18.0 Å². The smallest absolute Gasteiger partial charge is 0.352 e. The van der Waals surface area contributed by atoms with Gasteiger partial charge in [-0.3, -0.25) is 9.69 Å². The summed E-state index contributed by atoms with van der Waals surface area (Å²) in [6, 6.07) is 5.69. The molecule has 0 saturated carbocycles. The molecule has 1 aromatic rings. The molecular weight excluding hydrogens is 281 g/mol. The lowest BCUT2D eigenvalue weighted by atomic mass is 10.0. The van der Waals surface area contributed by atoms with Gasteiger partial charge in [0.2, 0.25) is 5.91 Å². The average molecular weight is 300 g/mol. The van der Waals surface area contributed by atoms with Gasteiger partial charge in [0.05, 0.1) is 5.56 Å². The van der Waals surface area contributed by atoms with Crippen molar-refractivity contribution in [1.29, 1.82) is 0 Å². The van der Waals surface area contributed by atoms with Gasteiger partial charge in [0.25, 0.3) is 0 Å². The minimum Gasteiger partial charge on any atom is -0.352 e. The maximum atomic E-state index is 13.0. The number of likely N-dealkylation sites (tertiary alicyclic amines) is 1. The van der Waals surface area contributed by atoms with Crippen molar-refractivity contribution in [2.75, 3.05) is 13.1 Å². The summed E-state index contributed by atoms with van der Waals surface area (Å²) in [6.07, 6.45) is -2.58. The van der Waals surface area contributed by atoms with E-state index in [0.29, 0.717) is 6.54 Å². The summed E-state index contributed by atoms with van der Waals surface area (Å²) >= 11 is 0. The summed E-state index contributed by atoms with van der Waals surface area (Å²) in [7, 11) is 0. The van der Waals surface area contributed by atoms with Crippen LogP contribution in [0.3, 0.4) is 0 Å². The molecule has 1 aliphatic rings. The second-order valence-corrected chi connectivity index (χ2v) is 5.43. The number of alkyl halides is 3. The standard InChI is InChI=1S/C15H19F3N2O/c1-11(21)19-13-6-4-8-20(10-13)9-12-5-2-3-7-14(12)15(16,17)18/h2-3,5,7,13H,4,6,8-10H2,1H3,(H,19,21). The van der Waals surface area contributed by atoms with E-state index in [0.717, 1.165) is 25.5 Å². The van der Waals surface area contributed by atoms with Crippen molar-refractivity contribution in [3.63, 3.8) is 0 Å². The Morgan fingerprint density at radius 2 is 2.10 bits per heavy atom. The Balaban J connectivity index is 2.06. The van der Waals surface area contributed by atoms with Crippen molar-refractivity contribution in [2.24, 2.45) is 0 Å². The number of hydrogen-bond acceptors (Lipinski definition) is 2. The first-order valence-corrected chi connectivity index (χ1v) is 7.01. The molecule has 116 valence electrons. The van der Waals surface area contributed by atoms with Gasteiger partial charge in [-0.05, 0) is 31.0 Å². The molecule has 21 heavy (non-hydrogen) atoms. The summed E-state index contributed by atoms with van der Waals surface area (Å²) in [5, 5.41) is 2.84. The first kappa shape index (κ1) is 15.8. The van der Waals surface area contributed by atoms with Crippen LogP contribution < -0.4 is 5.32 Å². The Bertz CT molecular complexity index is 502. The number of nitrogens with zero attached hydrogens (tertiary/aromatic N) is 1. The second kappa shape index (κ2) is 6.47. The molecule has 1 saturated heterocycles. The molecule has 1 N–H and O–H groups in total. The van der Waals surface area contributed by atoms with E-state index in [9.17, 15) is 18.0 Å². The Hall–Kier alpha value is -1.56. The molecule has 0 bridgehead atoms. The van der Waals surface area contributed by atoms with Crippen molar-refractivity contribution in [1.82, 2.24) is 10.2 Å². The number of amides is 1. The van der Waals surface area contributed by atoms with Crippen LogP contribution in [0.2, 0.25) is 0 Å². The first-order valence-electron chi connectivity index (χ1n) is 7.01. The van der Waals surface area contributed by atoms with E-state index < -0.39 is 11.7 Å². The third-order valence-electron chi connectivity index (χ3n) is 3.63. The van der Waals surface area contributed by atoms with Crippen molar-refractivity contribution in [3.05, 3.63) is 35.4 Å². The van der Waals surface area contributed by atoms with E-state index >= 15 is 0 Å². The molecule has 0 spiro atoms. The molecule has 6 heteroatoms. The number of carbonyl (C=O) groups excluding carboxylic acids is 1. The van der Waals surface area contributed by atoms with Gasteiger partial charge in [-0.2, -0.15) is 13.2 Å². The van der Waals surface area contributed by atoms with Gasteiger partial charge in [-0.1, -0.05) is 18.2 Å². The topological polar surface area (TPSA) is 32.3 Å². The number of piperidine rings is 1. The average Bonchev–Trinajstić information content (AvgIpc) is 2.37. The number of benzene rings is 1. The van der Waals surface area contributed by atoms with Gasteiger partial charge >= 0.3 is 6.18 Å². The van der Waals surface area contributed by atoms with E-state index in [2.05, 4.69) is 5.32 Å². The van der Waals surface area contributed by atoms with Crippen LogP contribution in [0.5, 0.6) is 0 Å². The second-order valence-electron chi connectivity index (χ2n) is 5.43. The lowest BCUT2D eigenvalue weighted by molar-refractivity contribution is -0.138. The molecule has 1 fully saturated rings. The van der Waals surface area contributed by atoms with Gasteiger partial charge in [0.1, 0.15) is 0 Å². The minimum atomic E-state index is -4.33. The Labute approximate surface area is 122 Å². The van der Waals surface area contributed by atoms with Crippen LogP contribution in [0.25, 0.3) is 0 Å². The van der Waals surface area contributed by atoms with Gasteiger partial charge in [0.15, 0.2) is 0 Å². The fourth-order valence-electron chi connectivity index (χ4n) is 2.78. The van der Waals surface area contributed by atoms with Crippen molar-refractivity contribution >= 4 is 5.91 Å². The fraction of sp³-hybridized carbons (Fsp3) is 0.533. The largest absolute Gasteiger partial charge is 0.416 e. The van der Waals surface area contributed by atoms with Crippen LogP contribution in [0.15, 0.2) is 24.3 Å². The molecule has 1 atom stereocenters. The molecule has 1 aromatic carbocycles. The lowest BCUT2D eigenvalue weighted by Crippen LogP contribution is -2.46. The maximum Gasteiger partial charge on any atom is 0.416 e. The van der Waals surface area contributed by atoms with E-state index in [1.54, 1.807) is 6.07 Å². The quantitative estimate of drug-likeness (QED) is 0.931. The molecule has 3 nitrogen and oxygen atoms in total. The number of rotatable bonds is 3. The van der Waals surface area contributed by atoms with Crippen LogP contribution in [0.1, 0.15) is 30.9 Å². The van der Waals surface area contributed by atoms with E-state index in [-0.39, 0.29) is 24.1 Å². The van der Waals surface area contributed by atoms with E-state index in [1.807, 2.05) is 4.90 Å². The molecule has 1 aliphatic heterocycles. The van der Waals surface area contributed by atoms with Crippen LogP contribution >= 0.6 is 0 Å². The fourth-order valence-corrected chi connectivity index (χ4v) is 2.78. The molecule has 0 aromatic heterocycles. The summed E-state index contributed by atoms with van der Waals surface area (Å²) < 4.78 is 38.9. The Morgan fingerprint density at radius 1 is 1.38 bits per heavy atom. The Morgan fingerprint density at radius 3 is 2.76 bits per heavy atom. The van der Waals surface area contributed by atoms with Crippen LogP contribution in [0, 0.1) is 0 Å². The van der Waals surface area contributed by atoms with Gasteiger partial charge in [0, 0.05) is 26.1 Å². The van der Waals surface area contributed by atoms with Crippen LogP contribution in [-0.4, -0.2) is 29.9 Å². The molecule has 1 heterocycles. The number of halogens is 3. The minimum absolute atomic E-state index is 0.0225. The molecule has 0 radical (unpaired) electrons. The normalized spacial score (nSPS) is 20.3. The first-order chi connectivity index (χ1) is 9.86. The predicted molar refractivity (Wildman–Crippen MR) is 73.6 cm³/mol. The monoisotopic (exact) mass is 300 g/mol. The summed E-state index contributed by atoms with van der Waals surface area (Å²) in [5.74, 6) is -0.0995. The summed E-state index contributed by atoms with van der Waals surface area (Å²) in [5.41, 5.74) is -0.292. The lowest BCUT2D eigenvalue weighted by Gasteiger charge is -2.33.